The van der Waals surface area contributed by atoms with Crippen molar-refractivity contribution in [1.82, 2.24) is 0 Å². The summed E-state index contributed by atoms with van der Waals surface area (Å²) in [6, 6.07) is 0. The smallest absolute Gasteiger partial charge is 0.338 e. The second-order valence-corrected chi connectivity index (χ2v) is 5.50. The fraction of sp³-hybridized carbons (Fsp3) is 0.857. The zero-order valence-electron chi connectivity index (χ0n) is 13.3. The first-order chi connectivity index (χ1) is 10.3. The van der Waals surface area contributed by atoms with Gasteiger partial charge in [-0.25, -0.2) is 9.59 Å². The van der Waals surface area contributed by atoms with E-state index in [0.29, 0.717) is 25.7 Å². The molecule has 0 saturated heterocycles. The highest BCUT2D eigenvalue weighted by molar-refractivity contribution is 5.81. The fourth-order valence-corrected chi connectivity index (χ4v) is 2.61. The van der Waals surface area contributed by atoms with Crippen LogP contribution in [-0.2, 0) is 28.5 Å². The first kappa shape index (κ1) is 18.8. The Hall–Kier alpha value is -1.22. The number of carbonyl (C=O) groups excluding carboxylic acids is 2. The Labute approximate surface area is 129 Å². The van der Waals surface area contributed by atoms with Crippen molar-refractivity contribution in [2.45, 2.75) is 49.1 Å². The summed E-state index contributed by atoms with van der Waals surface area (Å²) < 4.78 is 19.0. The van der Waals surface area contributed by atoms with Crippen LogP contribution in [0.4, 0.5) is 0 Å². The topological polar surface area (TPSA) is 112 Å². The molecule has 0 unspecified atom stereocenters. The highest BCUT2D eigenvalue weighted by Crippen LogP contribution is 2.37. The van der Waals surface area contributed by atoms with E-state index < -0.39 is 35.3 Å². The summed E-state index contributed by atoms with van der Waals surface area (Å²) in [4.78, 5) is 22.1. The lowest BCUT2D eigenvalue weighted by atomic mass is 9.77. The van der Waals surface area contributed by atoms with Gasteiger partial charge in [-0.15, -0.1) is 0 Å². The summed E-state index contributed by atoms with van der Waals surface area (Å²) in [7, 11) is 5.52. The number of methoxy groups -OCH3 is 4. The van der Waals surface area contributed by atoms with Crippen LogP contribution in [0, 0.1) is 0 Å². The Morgan fingerprint density at radius 1 is 0.773 bits per heavy atom. The Morgan fingerprint density at radius 3 is 1.18 bits per heavy atom. The maximum atomic E-state index is 11.0. The van der Waals surface area contributed by atoms with E-state index in [1.807, 2.05) is 0 Å². The second kappa shape index (κ2) is 7.36. The van der Waals surface area contributed by atoms with Gasteiger partial charge in [-0.3, -0.25) is 0 Å². The van der Waals surface area contributed by atoms with E-state index >= 15 is 0 Å². The van der Waals surface area contributed by atoms with Gasteiger partial charge < -0.3 is 29.2 Å². The molecular weight excluding hydrogens is 296 g/mol. The molecule has 22 heavy (non-hydrogen) atoms. The molecule has 8 nitrogen and oxygen atoms in total. The summed E-state index contributed by atoms with van der Waals surface area (Å²) in [6.45, 7) is 0. The molecule has 0 atom stereocenters. The van der Waals surface area contributed by atoms with Gasteiger partial charge in [-0.1, -0.05) is 0 Å². The van der Waals surface area contributed by atoms with Crippen molar-refractivity contribution >= 4 is 11.9 Å². The largest absolute Gasteiger partial charge is 0.467 e. The molecule has 0 bridgehead atoms. The summed E-state index contributed by atoms with van der Waals surface area (Å²) in [5.74, 6) is -0.796. The quantitative estimate of drug-likeness (QED) is 0.660. The lowest BCUT2D eigenvalue weighted by molar-refractivity contribution is -0.192. The van der Waals surface area contributed by atoms with E-state index in [9.17, 15) is 9.59 Å². The second-order valence-electron chi connectivity index (χ2n) is 5.50. The molecular formula is C14H24O8. The van der Waals surface area contributed by atoms with Crippen LogP contribution >= 0.6 is 0 Å². The number of aliphatic hydroxyl groups is 2. The Bertz CT molecular complexity index is 358. The van der Waals surface area contributed by atoms with Gasteiger partial charge in [0.2, 0.25) is 0 Å². The molecule has 2 fully saturated rings. The van der Waals surface area contributed by atoms with Crippen LogP contribution in [-0.4, -0.2) is 74.0 Å². The third-order valence-corrected chi connectivity index (χ3v) is 4.16. The maximum Gasteiger partial charge on any atom is 0.338 e. The number of rotatable bonds is 4. The SMILES string of the molecule is COC(=O)C1(OC)CC(O)C1.COC(=O)C1(OC)CC(O)C1. The zero-order chi connectivity index (χ0) is 17.0. The van der Waals surface area contributed by atoms with Gasteiger partial charge in [0.1, 0.15) is 0 Å². The van der Waals surface area contributed by atoms with Crippen LogP contribution in [0.2, 0.25) is 0 Å². The van der Waals surface area contributed by atoms with Crippen molar-refractivity contribution in [3.63, 3.8) is 0 Å². The van der Waals surface area contributed by atoms with E-state index in [2.05, 4.69) is 9.47 Å². The lowest BCUT2D eigenvalue weighted by Crippen LogP contribution is -2.55. The molecule has 0 spiro atoms. The summed E-state index contributed by atoms with van der Waals surface area (Å²) in [5, 5.41) is 17.9. The molecule has 2 aliphatic rings. The lowest BCUT2D eigenvalue weighted by Gasteiger charge is -2.40. The number of esters is 2. The minimum atomic E-state index is -0.867. The summed E-state index contributed by atoms with van der Waals surface area (Å²) in [6.07, 6.45) is 0.529. The Balaban J connectivity index is 0.000000220. The van der Waals surface area contributed by atoms with Gasteiger partial charge in [0, 0.05) is 39.9 Å². The predicted molar refractivity (Wildman–Crippen MR) is 74.0 cm³/mol. The number of hydrogen-bond donors (Lipinski definition) is 2. The fourth-order valence-electron chi connectivity index (χ4n) is 2.61. The predicted octanol–water partition coefficient (Wildman–Crippen LogP) is -0.601. The average molecular weight is 320 g/mol. The molecule has 0 aromatic carbocycles. The monoisotopic (exact) mass is 320 g/mol. The summed E-state index contributed by atoms with van der Waals surface area (Å²) in [5.41, 5.74) is -1.73. The van der Waals surface area contributed by atoms with Gasteiger partial charge in [0.25, 0.3) is 0 Å². The molecule has 128 valence electrons. The van der Waals surface area contributed by atoms with Crippen LogP contribution in [0.25, 0.3) is 0 Å². The minimum Gasteiger partial charge on any atom is -0.467 e. The van der Waals surface area contributed by atoms with E-state index in [1.165, 1.54) is 28.4 Å². The molecule has 2 saturated carbocycles. The number of ether oxygens (including phenoxy) is 4. The molecule has 2 rings (SSSR count). The van der Waals surface area contributed by atoms with Crippen LogP contribution in [0.5, 0.6) is 0 Å². The van der Waals surface area contributed by atoms with Crippen molar-refractivity contribution in [1.29, 1.82) is 0 Å². The van der Waals surface area contributed by atoms with Crippen LogP contribution in [0.3, 0.4) is 0 Å². The highest BCUT2D eigenvalue weighted by Gasteiger charge is 2.52. The van der Waals surface area contributed by atoms with E-state index in [0.717, 1.165) is 0 Å². The van der Waals surface area contributed by atoms with Crippen molar-refractivity contribution in [2.75, 3.05) is 28.4 Å². The molecule has 0 aromatic rings. The van der Waals surface area contributed by atoms with Gasteiger partial charge >= 0.3 is 11.9 Å². The Morgan fingerprint density at radius 2 is 1.05 bits per heavy atom. The van der Waals surface area contributed by atoms with E-state index in [1.54, 1.807) is 0 Å². The third kappa shape index (κ3) is 3.57. The van der Waals surface area contributed by atoms with Crippen molar-refractivity contribution < 1.29 is 38.7 Å². The maximum absolute atomic E-state index is 11.0. The molecule has 2 N–H and O–H groups in total. The molecule has 0 amide bonds. The van der Waals surface area contributed by atoms with Crippen LogP contribution in [0.15, 0.2) is 0 Å². The molecule has 8 heteroatoms. The Kier molecular flexibility index (Phi) is 6.30. The van der Waals surface area contributed by atoms with Crippen LogP contribution in [0.1, 0.15) is 25.7 Å². The zero-order valence-corrected chi connectivity index (χ0v) is 13.3. The molecule has 0 aliphatic heterocycles. The minimum absolute atomic E-state index is 0.343. The number of hydrogen-bond acceptors (Lipinski definition) is 8. The average Bonchev–Trinajstić information content (AvgIpc) is 2.47. The number of carbonyl (C=O) groups is 2. The standard InChI is InChI=1S/2C7H12O4/c2*1-10-6(9)7(11-2)3-5(8)4-7/h2*5,8H,3-4H2,1-2H3. The molecule has 2 aliphatic carbocycles. The van der Waals surface area contributed by atoms with Gasteiger partial charge in [-0.2, -0.15) is 0 Å². The highest BCUT2D eigenvalue weighted by atomic mass is 16.6. The van der Waals surface area contributed by atoms with E-state index in [4.69, 9.17) is 19.7 Å². The van der Waals surface area contributed by atoms with Gasteiger partial charge in [0.05, 0.1) is 26.4 Å². The van der Waals surface area contributed by atoms with Crippen molar-refractivity contribution in [3.8, 4) is 0 Å². The van der Waals surface area contributed by atoms with Gasteiger partial charge in [-0.05, 0) is 0 Å². The van der Waals surface area contributed by atoms with Gasteiger partial charge in [0.15, 0.2) is 11.2 Å². The number of aliphatic hydroxyl groups excluding tert-OH is 2. The molecule has 0 radical (unpaired) electrons. The van der Waals surface area contributed by atoms with Crippen LogP contribution < -0.4 is 0 Å². The normalized spacial score (nSPS) is 36.1. The molecule has 0 aromatic heterocycles. The summed E-state index contributed by atoms with van der Waals surface area (Å²) >= 11 is 0. The first-order valence-corrected chi connectivity index (χ1v) is 6.92. The third-order valence-electron chi connectivity index (χ3n) is 4.16. The van der Waals surface area contributed by atoms with Crippen molar-refractivity contribution in [3.05, 3.63) is 0 Å². The van der Waals surface area contributed by atoms with Crippen molar-refractivity contribution in [2.24, 2.45) is 0 Å². The molecule has 0 heterocycles. The first-order valence-electron chi connectivity index (χ1n) is 6.92. The van der Waals surface area contributed by atoms with E-state index in [-0.39, 0.29) is 0 Å².